The molecule has 6 heteroatoms. The van der Waals surface area contributed by atoms with Gasteiger partial charge in [-0.25, -0.2) is 9.48 Å². The summed E-state index contributed by atoms with van der Waals surface area (Å²) in [5.74, 6) is 0. The molecule has 0 fully saturated rings. The number of carbonyl (C=O) groups excluding carboxylic acids is 1. The summed E-state index contributed by atoms with van der Waals surface area (Å²) in [7, 11) is 0. The summed E-state index contributed by atoms with van der Waals surface area (Å²) in [6.45, 7) is 0.393. The molecule has 0 spiro atoms. The van der Waals surface area contributed by atoms with Crippen LogP contribution in [-0.4, -0.2) is 15.8 Å². The van der Waals surface area contributed by atoms with Crippen LogP contribution in [0.2, 0.25) is 5.02 Å². The molecule has 0 saturated heterocycles. The van der Waals surface area contributed by atoms with Crippen molar-refractivity contribution < 1.29 is 4.79 Å². The zero-order valence-electron chi connectivity index (χ0n) is 12.8. The minimum Gasteiger partial charge on any atom is -0.332 e. The fraction of sp³-hybridized carbons (Fsp3) is 0.0556. The normalized spacial score (nSPS) is 11.3. The topological polar surface area (TPSA) is 59.3 Å². The lowest BCUT2D eigenvalue weighted by Crippen LogP contribution is -2.22. The van der Waals surface area contributed by atoms with E-state index in [0.29, 0.717) is 16.9 Å². The second-order valence-corrected chi connectivity index (χ2v) is 5.50. The van der Waals surface area contributed by atoms with Gasteiger partial charge in [-0.05, 0) is 35.9 Å². The van der Waals surface area contributed by atoms with Crippen LogP contribution in [0.1, 0.15) is 5.56 Å². The largest absolute Gasteiger partial charge is 0.341 e. The second-order valence-electron chi connectivity index (χ2n) is 5.06. The molecule has 3 aromatic rings. The summed E-state index contributed by atoms with van der Waals surface area (Å²) in [6, 6.07) is 18.3. The van der Waals surface area contributed by atoms with E-state index in [2.05, 4.69) is 15.4 Å². The van der Waals surface area contributed by atoms with Crippen molar-refractivity contribution in [2.45, 2.75) is 6.54 Å². The maximum absolute atomic E-state index is 11.9. The highest BCUT2D eigenvalue weighted by Crippen LogP contribution is 2.09. The van der Waals surface area contributed by atoms with E-state index in [-0.39, 0.29) is 0 Å². The first-order valence-corrected chi connectivity index (χ1v) is 7.76. The van der Waals surface area contributed by atoms with Crippen LogP contribution in [-0.2, 0) is 6.54 Å². The lowest BCUT2D eigenvalue weighted by atomic mass is 10.2. The van der Waals surface area contributed by atoms with Crippen LogP contribution >= 0.6 is 11.6 Å². The van der Waals surface area contributed by atoms with Crippen molar-refractivity contribution in [1.29, 1.82) is 0 Å². The van der Waals surface area contributed by atoms with Gasteiger partial charge in [0.2, 0.25) is 0 Å². The molecule has 1 heterocycles. The Morgan fingerprint density at radius 1 is 1.08 bits per heavy atom. The zero-order valence-corrected chi connectivity index (χ0v) is 13.5. The molecule has 2 aromatic carbocycles. The van der Waals surface area contributed by atoms with Crippen LogP contribution in [0.5, 0.6) is 0 Å². The molecule has 0 unspecified atom stereocenters. The van der Waals surface area contributed by atoms with Gasteiger partial charge < -0.3 is 5.32 Å². The van der Waals surface area contributed by atoms with Crippen LogP contribution < -0.4 is 10.7 Å². The highest BCUT2D eigenvalue weighted by Gasteiger charge is 1.99. The lowest BCUT2D eigenvalue weighted by molar-refractivity contribution is 0.248. The van der Waals surface area contributed by atoms with Gasteiger partial charge in [0.25, 0.3) is 0 Å². The Balaban J connectivity index is 1.65. The molecule has 0 aliphatic heterocycles. The van der Waals surface area contributed by atoms with Crippen molar-refractivity contribution in [3.05, 3.63) is 89.0 Å². The summed E-state index contributed by atoms with van der Waals surface area (Å²) in [4.78, 5) is 15.8. The van der Waals surface area contributed by atoms with Gasteiger partial charge >= 0.3 is 6.03 Å². The van der Waals surface area contributed by atoms with Gasteiger partial charge in [-0.1, -0.05) is 41.9 Å². The number of benzene rings is 2. The summed E-state index contributed by atoms with van der Waals surface area (Å²) >= 11 is 5.82. The first-order valence-electron chi connectivity index (χ1n) is 7.38. The van der Waals surface area contributed by atoms with E-state index in [9.17, 15) is 4.79 Å². The Bertz CT molecular complexity index is 868. The molecule has 5 nitrogen and oxygen atoms in total. The van der Waals surface area contributed by atoms with Crippen molar-refractivity contribution in [2.24, 2.45) is 4.99 Å². The summed E-state index contributed by atoms with van der Waals surface area (Å²) in [5, 5.41) is 8.15. The standard InChI is InChI=1S/C18H15ClN4O/c19-15-8-6-14(7-9-15)12-20-18(24)22-16-10-11-23(21-13-16)17-4-2-1-3-5-17/h1-11,13H,12H2,(H,20,24)/b22-16-. The van der Waals surface area contributed by atoms with E-state index in [1.165, 1.54) is 0 Å². The van der Waals surface area contributed by atoms with E-state index >= 15 is 0 Å². The molecule has 0 atom stereocenters. The van der Waals surface area contributed by atoms with Crippen molar-refractivity contribution in [1.82, 2.24) is 15.1 Å². The maximum atomic E-state index is 11.9. The molecule has 0 bridgehead atoms. The number of hydrogen-bond acceptors (Lipinski definition) is 2. The van der Waals surface area contributed by atoms with E-state index in [0.717, 1.165) is 11.3 Å². The van der Waals surface area contributed by atoms with E-state index in [1.807, 2.05) is 42.5 Å². The van der Waals surface area contributed by atoms with Crippen molar-refractivity contribution >= 4 is 17.6 Å². The van der Waals surface area contributed by atoms with Crippen LogP contribution in [0.3, 0.4) is 0 Å². The first kappa shape index (κ1) is 16.0. The predicted molar refractivity (Wildman–Crippen MR) is 92.8 cm³/mol. The van der Waals surface area contributed by atoms with Gasteiger partial charge in [-0.3, -0.25) is 0 Å². The van der Waals surface area contributed by atoms with Crippen molar-refractivity contribution in [2.75, 3.05) is 0 Å². The summed E-state index contributed by atoms with van der Waals surface area (Å²) in [5.41, 5.74) is 1.90. The number of hydrogen-bond donors (Lipinski definition) is 1. The Morgan fingerprint density at radius 3 is 2.50 bits per heavy atom. The lowest BCUT2D eigenvalue weighted by Gasteiger charge is -2.04. The number of aromatic nitrogens is 2. The SMILES string of the molecule is O=C(/N=c1/ccn(-c2ccccc2)nc1)NCc1ccc(Cl)cc1. The number of nitrogens with one attached hydrogen (secondary N) is 1. The van der Waals surface area contributed by atoms with Crippen LogP contribution in [0, 0.1) is 0 Å². The average molecular weight is 339 g/mol. The molecule has 0 saturated carbocycles. The smallest absolute Gasteiger partial charge is 0.332 e. The van der Waals surface area contributed by atoms with Crippen LogP contribution in [0.25, 0.3) is 5.69 Å². The molecule has 1 N–H and O–H groups in total. The number of amides is 2. The Hall–Kier alpha value is -2.92. The second kappa shape index (κ2) is 7.57. The van der Waals surface area contributed by atoms with E-state index in [1.54, 1.807) is 35.3 Å². The number of rotatable bonds is 3. The first-order chi connectivity index (χ1) is 11.7. The number of para-hydroxylation sites is 1. The maximum Gasteiger partial charge on any atom is 0.341 e. The molecule has 120 valence electrons. The monoisotopic (exact) mass is 338 g/mol. The summed E-state index contributed by atoms with van der Waals surface area (Å²) < 4.78 is 1.71. The van der Waals surface area contributed by atoms with Crippen LogP contribution in [0.4, 0.5) is 4.79 Å². The van der Waals surface area contributed by atoms with E-state index < -0.39 is 6.03 Å². The Kier molecular flexibility index (Phi) is 5.03. The minimum atomic E-state index is -0.413. The minimum absolute atomic E-state index is 0.393. The number of nitrogens with zero attached hydrogens (tertiary/aromatic N) is 3. The highest BCUT2D eigenvalue weighted by atomic mass is 35.5. The number of halogens is 1. The van der Waals surface area contributed by atoms with Crippen molar-refractivity contribution in [3.63, 3.8) is 0 Å². The molecule has 0 aliphatic carbocycles. The molecule has 3 rings (SSSR count). The van der Waals surface area contributed by atoms with Crippen LogP contribution in [0.15, 0.2) is 78.0 Å². The van der Waals surface area contributed by atoms with Gasteiger partial charge in [0, 0.05) is 17.8 Å². The van der Waals surface area contributed by atoms with Crippen molar-refractivity contribution in [3.8, 4) is 5.69 Å². The van der Waals surface area contributed by atoms with Gasteiger partial charge in [0.15, 0.2) is 0 Å². The number of urea groups is 1. The third-order valence-corrected chi connectivity index (χ3v) is 3.56. The molecular formula is C18H15ClN4O. The van der Waals surface area contributed by atoms with Gasteiger partial charge in [0.05, 0.1) is 17.2 Å². The molecule has 2 amide bonds. The third kappa shape index (κ3) is 4.30. The summed E-state index contributed by atoms with van der Waals surface area (Å²) in [6.07, 6.45) is 3.31. The molecule has 24 heavy (non-hydrogen) atoms. The predicted octanol–water partition coefficient (Wildman–Crippen LogP) is 3.34. The molecule has 0 radical (unpaired) electrons. The molecule has 0 aliphatic rings. The third-order valence-electron chi connectivity index (χ3n) is 3.31. The fourth-order valence-corrected chi connectivity index (χ4v) is 2.21. The van der Waals surface area contributed by atoms with Gasteiger partial charge in [-0.15, -0.1) is 0 Å². The zero-order chi connectivity index (χ0) is 16.8. The Labute approximate surface area is 144 Å². The van der Waals surface area contributed by atoms with Gasteiger partial charge in [0.1, 0.15) is 0 Å². The van der Waals surface area contributed by atoms with E-state index in [4.69, 9.17) is 11.6 Å². The molecule has 1 aromatic heterocycles. The van der Waals surface area contributed by atoms with Gasteiger partial charge in [-0.2, -0.15) is 10.1 Å². The average Bonchev–Trinajstić information content (AvgIpc) is 2.63. The molecular weight excluding hydrogens is 324 g/mol. The highest BCUT2D eigenvalue weighted by molar-refractivity contribution is 6.30. The fourth-order valence-electron chi connectivity index (χ4n) is 2.09. The quantitative estimate of drug-likeness (QED) is 0.796. The number of carbonyl (C=O) groups is 1. The Morgan fingerprint density at radius 2 is 1.83 bits per heavy atom.